The van der Waals surface area contributed by atoms with Crippen molar-refractivity contribution >= 4 is 33.4 Å². The lowest BCUT2D eigenvalue weighted by Gasteiger charge is -2.14. The first kappa shape index (κ1) is 18.1. The van der Waals surface area contributed by atoms with E-state index in [4.69, 9.17) is 10.5 Å². The Hall–Kier alpha value is -2.22. The van der Waals surface area contributed by atoms with E-state index in [2.05, 4.69) is 4.98 Å². The van der Waals surface area contributed by atoms with Gasteiger partial charge in [-0.25, -0.2) is 9.78 Å². The monoisotopic (exact) mass is 351 g/mol. The van der Waals surface area contributed by atoms with E-state index in [0.717, 1.165) is 11.3 Å². The lowest BCUT2D eigenvalue weighted by atomic mass is 10.1. The average molecular weight is 351 g/mol. The Balaban J connectivity index is 2.69. The Morgan fingerprint density at radius 2 is 2.04 bits per heavy atom. The molecule has 0 aromatic carbocycles. The van der Waals surface area contributed by atoms with Crippen molar-refractivity contribution in [2.75, 3.05) is 6.61 Å². The highest BCUT2D eigenvalue weighted by molar-refractivity contribution is 7.20. The minimum atomic E-state index is -0.481. The summed E-state index contributed by atoms with van der Waals surface area (Å²) in [5.74, 6) is -0.369. The highest BCUT2D eigenvalue weighted by Gasteiger charge is 2.23. The van der Waals surface area contributed by atoms with Crippen LogP contribution in [0.3, 0.4) is 0 Å². The van der Waals surface area contributed by atoms with Crippen molar-refractivity contribution in [3.05, 3.63) is 26.6 Å². The summed E-state index contributed by atoms with van der Waals surface area (Å²) in [6.45, 7) is 7.71. The van der Waals surface area contributed by atoms with Gasteiger partial charge in [0.05, 0.1) is 12.0 Å². The van der Waals surface area contributed by atoms with Gasteiger partial charge in [-0.2, -0.15) is 0 Å². The molecule has 0 unspecified atom stereocenters. The van der Waals surface area contributed by atoms with Crippen LogP contribution in [0.2, 0.25) is 0 Å². The lowest BCUT2D eigenvalue weighted by molar-refractivity contribution is -0.118. The van der Waals surface area contributed by atoms with E-state index in [0.29, 0.717) is 26.5 Å². The molecule has 8 heteroatoms. The van der Waals surface area contributed by atoms with Gasteiger partial charge in [0.15, 0.2) is 0 Å². The van der Waals surface area contributed by atoms with Crippen LogP contribution in [0, 0.1) is 6.92 Å². The van der Waals surface area contributed by atoms with Crippen molar-refractivity contribution in [3.8, 4) is 0 Å². The zero-order valence-electron chi connectivity index (χ0n) is 14.2. The van der Waals surface area contributed by atoms with Crippen LogP contribution in [0.1, 0.15) is 54.2 Å². The summed E-state index contributed by atoms with van der Waals surface area (Å²) in [5.41, 5.74) is 5.51. The predicted octanol–water partition coefficient (Wildman–Crippen LogP) is 1.94. The molecule has 2 aromatic rings. The van der Waals surface area contributed by atoms with E-state index in [-0.39, 0.29) is 31.0 Å². The molecule has 7 nitrogen and oxygen atoms in total. The Labute approximate surface area is 143 Å². The van der Waals surface area contributed by atoms with Gasteiger partial charge in [0.1, 0.15) is 15.5 Å². The molecule has 0 aliphatic rings. The molecule has 1 amide bonds. The second kappa shape index (κ2) is 7.12. The molecule has 2 N–H and O–H groups in total. The maximum Gasteiger partial charge on any atom is 0.348 e. The van der Waals surface area contributed by atoms with Gasteiger partial charge in [0.2, 0.25) is 5.91 Å². The zero-order valence-corrected chi connectivity index (χ0v) is 15.0. The highest BCUT2D eigenvalue weighted by Crippen LogP contribution is 2.29. The number of amides is 1. The van der Waals surface area contributed by atoms with E-state index >= 15 is 0 Å². The Kier molecular flexibility index (Phi) is 5.38. The molecule has 2 aromatic heterocycles. The first-order valence-corrected chi connectivity index (χ1v) is 8.58. The smallest absolute Gasteiger partial charge is 0.348 e. The van der Waals surface area contributed by atoms with Crippen LogP contribution in [-0.4, -0.2) is 28.0 Å². The minimum absolute atomic E-state index is 0.0107. The van der Waals surface area contributed by atoms with Gasteiger partial charge in [-0.1, -0.05) is 13.8 Å². The van der Waals surface area contributed by atoms with Gasteiger partial charge in [-0.05, 0) is 19.4 Å². The number of hydrogen-bond acceptors (Lipinski definition) is 6. The molecule has 0 saturated carbocycles. The number of carbonyl (C=O) groups excluding carboxylic acids is 2. The largest absolute Gasteiger partial charge is 0.462 e. The topological polar surface area (TPSA) is 104 Å². The van der Waals surface area contributed by atoms with Gasteiger partial charge in [0, 0.05) is 18.9 Å². The Bertz CT molecular complexity index is 851. The molecule has 0 fully saturated rings. The van der Waals surface area contributed by atoms with Gasteiger partial charge in [-0.15, -0.1) is 11.3 Å². The van der Waals surface area contributed by atoms with E-state index < -0.39 is 11.9 Å². The molecular weight excluding hydrogens is 330 g/mol. The second-order valence-corrected chi connectivity index (χ2v) is 6.75. The van der Waals surface area contributed by atoms with Crippen molar-refractivity contribution in [3.63, 3.8) is 0 Å². The van der Waals surface area contributed by atoms with E-state index in [1.54, 1.807) is 13.8 Å². The van der Waals surface area contributed by atoms with E-state index in [1.807, 2.05) is 13.8 Å². The van der Waals surface area contributed by atoms with Crippen LogP contribution in [0.5, 0.6) is 0 Å². The van der Waals surface area contributed by atoms with Crippen molar-refractivity contribution in [2.45, 2.75) is 46.6 Å². The molecule has 0 bridgehead atoms. The maximum absolute atomic E-state index is 12.9. The third kappa shape index (κ3) is 3.33. The van der Waals surface area contributed by atoms with Crippen molar-refractivity contribution < 1.29 is 14.3 Å². The third-order valence-electron chi connectivity index (χ3n) is 3.64. The summed E-state index contributed by atoms with van der Waals surface area (Å²) in [7, 11) is 0. The molecule has 2 heterocycles. The average Bonchev–Trinajstić information content (AvgIpc) is 2.83. The molecule has 24 heavy (non-hydrogen) atoms. The maximum atomic E-state index is 12.9. The quantitative estimate of drug-likeness (QED) is 0.801. The summed E-state index contributed by atoms with van der Waals surface area (Å²) < 4.78 is 6.52. The number of esters is 1. The van der Waals surface area contributed by atoms with Crippen molar-refractivity contribution in [2.24, 2.45) is 5.73 Å². The summed E-state index contributed by atoms with van der Waals surface area (Å²) in [6.07, 6.45) is 0.0563. The van der Waals surface area contributed by atoms with E-state index in [9.17, 15) is 14.4 Å². The molecule has 0 aliphatic heterocycles. The number of ether oxygens (including phenoxy) is 1. The number of thiophene rings is 1. The van der Waals surface area contributed by atoms with E-state index in [1.165, 1.54) is 4.57 Å². The van der Waals surface area contributed by atoms with Crippen LogP contribution in [0.4, 0.5) is 0 Å². The fraction of sp³-hybridized carbons (Fsp3) is 0.500. The number of primary amides is 1. The van der Waals surface area contributed by atoms with Crippen molar-refractivity contribution in [1.29, 1.82) is 0 Å². The second-order valence-electron chi connectivity index (χ2n) is 5.75. The molecule has 0 saturated heterocycles. The van der Waals surface area contributed by atoms with Crippen LogP contribution < -0.4 is 11.3 Å². The lowest BCUT2D eigenvalue weighted by Crippen LogP contribution is -2.28. The molecule has 2 rings (SSSR count). The van der Waals surface area contributed by atoms with Gasteiger partial charge in [0.25, 0.3) is 5.56 Å². The number of carbonyl (C=O) groups is 2. The van der Waals surface area contributed by atoms with Crippen LogP contribution in [-0.2, 0) is 16.1 Å². The van der Waals surface area contributed by atoms with Crippen LogP contribution >= 0.6 is 11.3 Å². The molecule has 0 aliphatic carbocycles. The van der Waals surface area contributed by atoms with Crippen molar-refractivity contribution in [1.82, 2.24) is 9.55 Å². The van der Waals surface area contributed by atoms with Gasteiger partial charge in [-0.3, -0.25) is 14.2 Å². The summed E-state index contributed by atoms with van der Waals surface area (Å²) in [4.78, 5) is 41.5. The fourth-order valence-corrected chi connectivity index (χ4v) is 3.57. The number of aryl methyl sites for hydroxylation is 1. The van der Waals surface area contributed by atoms with Crippen LogP contribution in [0.25, 0.3) is 10.2 Å². The molecule has 0 spiro atoms. The summed E-state index contributed by atoms with van der Waals surface area (Å²) >= 11 is 1.16. The minimum Gasteiger partial charge on any atom is -0.462 e. The fourth-order valence-electron chi connectivity index (χ4n) is 2.50. The number of fused-ring (bicyclic) bond motifs is 1. The molecule has 0 radical (unpaired) electrons. The number of rotatable bonds is 6. The Morgan fingerprint density at radius 1 is 1.38 bits per heavy atom. The highest BCUT2D eigenvalue weighted by atomic mass is 32.1. The first-order chi connectivity index (χ1) is 11.3. The number of aromatic nitrogens is 2. The molecule has 130 valence electrons. The number of nitrogens with zero attached hydrogens (tertiary/aromatic N) is 2. The number of nitrogens with two attached hydrogens (primary N) is 1. The van der Waals surface area contributed by atoms with Gasteiger partial charge >= 0.3 is 5.97 Å². The molecular formula is C16H21N3O4S. The standard InChI is InChI=1S/C16H21N3O4S/c1-5-23-16(22)12-9(4)11-14(24-12)18-13(8(2)3)19(15(11)21)7-6-10(17)20/h8H,5-7H2,1-4H3,(H2,17,20). The summed E-state index contributed by atoms with van der Waals surface area (Å²) in [5, 5.41) is 0.400. The molecule has 0 atom stereocenters. The SMILES string of the molecule is CCOC(=O)c1sc2nc(C(C)C)n(CCC(N)=O)c(=O)c2c1C. The van der Waals surface area contributed by atoms with Crippen LogP contribution in [0.15, 0.2) is 4.79 Å². The summed E-state index contributed by atoms with van der Waals surface area (Å²) in [6, 6.07) is 0. The van der Waals surface area contributed by atoms with Gasteiger partial charge < -0.3 is 10.5 Å². The third-order valence-corrected chi connectivity index (χ3v) is 4.80. The zero-order chi connectivity index (χ0) is 18.0. The Morgan fingerprint density at radius 3 is 2.58 bits per heavy atom. The predicted molar refractivity (Wildman–Crippen MR) is 92.5 cm³/mol. The first-order valence-electron chi connectivity index (χ1n) is 7.77. The number of hydrogen-bond donors (Lipinski definition) is 1. The normalized spacial score (nSPS) is 11.2.